The van der Waals surface area contributed by atoms with Crippen molar-refractivity contribution in [3.63, 3.8) is 0 Å². The Hall–Kier alpha value is -2.50. The molecule has 1 fully saturated rings. The molecule has 2 aromatic rings. The molecule has 0 spiro atoms. The van der Waals surface area contributed by atoms with Gasteiger partial charge in [-0.15, -0.1) is 0 Å². The third-order valence-electron chi connectivity index (χ3n) is 5.37. The van der Waals surface area contributed by atoms with E-state index in [-0.39, 0.29) is 12.7 Å². The van der Waals surface area contributed by atoms with E-state index in [1.807, 2.05) is 30.1 Å². The summed E-state index contributed by atoms with van der Waals surface area (Å²) in [5, 5.41) is 0. The molecule has 2 aliphatic rings. The summed E-state index contributed by atoms with van der Waals surface area (Å²) in [6, 6.07) is 5.87. The average molecular weight is 355 g/mol. The third kappa shape index (κ3) is 3.41. The van der Waals surface area contributed by atoms with Crippen molar-refractivity contribution in [3.05, 3.63) is 42.0 Å². The van der Waals surface area contributed by atoms with Gasteiger partial charge >= 0.3 is 0 Å². The van der Waals surface area contributed by atoms with Crippen molar-refractivity contribution in [2.75, 3.05) is 13.3 Å². The van der Waals surface area contributed by atoms with Gasteiger partial charge in [-0.05, 0) is 24.8 Å². The van der Waals surface area contributed by atoms with Crippen LogP contribution in [0.25, 0.3) is 0 Å². The van der Waals surface area contributed by atoms with Gasteiger partial charge in [-0.3, -0.25) is 4.79 Å². The number of aryl methyl sites for hydroxylation is 1. The molecule has 1 saturated carbocycles. The first kappa shape index (κ1) is 16.9. The first-order valence-electron chi connectivity index (χ1n) is 9.35. The first-order valence-corrected chi connectivity index (χ1v) is 9.35. The maximum Gasteiger partial charge on any atom is 0.272 e. The van der Waals surface area contributed by atoms with Crippen LogP contribution in [-0.2, 0) is 13.6 Å². The largest absolute Gasteiger partial charge is 0.454 e. The highest BCUT2D eigenvalue weighted by Crippen LogP contribution is 2.36. The number of nitrogens with zero attached hydrogens (tertiary/aromatic N) is 3. The molecular weight excluding hydrogens is 330 g/mol. The maximum atomic E-state index is 13.2. The topological polar surface area (TPSA) is 56.6 Å². The number of ether oxygens (including phenoxy) is 2. The van der Waals surface area contributed by atoms with Gasteiger partial charge in [0.25, 0.3) is 5.91 Å². The van der Waals surface area contributed by atoms with Gasteiger partial charge in [0, 0.05) is 25.7 Å². The lowest BCUT2D eigenvalue weighted by atomic mass is 9.89. The molecule has 6 heteroatoms. The summed E-state index contributed by atoms with van der Waals surface area (Å²) < 4.78 is 12.9. The van der Waals surface area contributed by atoms with Crippen molar-refractivity contribution in [2.45, 2.75) is 38.6 Å². The van der Waals surface area contributed by atoms with Crippen LogP contribution in [0.3, 0.4) is 0 Å². The van der Waals surface area contributed by atoms with E-state index in [1.54, 1.807) is 17.1 Å². The minimum Gasteiger partial charge on any atom is -0.454 e. The van der Waals surface area contributed by atoms with Gasteiger partial charge in [-0.1, -0.05) is 31.4 Å². The monoisotopic (exact) mass is 355 g/mol. The molecule has 6 nitrogen and oxygen atoms in total. The Kier molecular flexibility index (Phi) is 4.82. The second kappa shape index (κ2) is 7.40. The standard InChI is InChI=1S/C20H25N3O3/c1-22-13-21-10-17(22)20(24)23(11-15-6-3-2-4-7-15)12-16-8-5-9-18-19(16)26-14-25-18/h5,8-10,13,15H,2-4,6-7,11-12,14H2,1H3. The summed E-state index contributed by atoms with van der Waals surface area (Å²) in [5.74, 6) is 2.11. The van der Waals surface area contributed by atoms with Gasteiger partial charge in [-0.25, -0.2) is 4.98 Å². The SMILES string of the molecule is Cn1cncc1C(=O)N(Cc1cccc2c1OCO2)CC1CCCCC1. The summed E-state index contributed by atoms with van der Waals surface area (Å²) >= 11 is 0. The number of rotatable bonds is 5. The molecule has 0 saturated heterocycles. The van der Waals surface area contributed by atoms with Gasteiger partial charge < -0.3 is 18.9 Å². The van der Waals surface area contributed by atoms with E-state index in [9.17, 15) is 4.79 Å². The molecule has 1 aliphatic carbocycles. The van der Waals surface area contributed by atoms with Crippen LogP contribution in [0.15, 0.2) is 30.7 Å². The van der Waals surface area contributed by atoms with E-state index >= 15 is 0 Å². The van der Waals surface area contributed by atoms with Crippen LogP contribution in [0.1, 0.15) is 48.2 Å². The molecule has 1 aromatic carbocycles. The van der Waals surface area contributed by atoms with Gasteiger partial charge in [0.2, 0.25) is 6.79 Å². The molecule has 4 rings (SSSR count). The van der Waals surface area contributed by atoms with E-state index in [1.165, 1.54) is 32.1 Å². The number of benzene rings is 1. The third-order valence-corrected chi connectivity index (χ3v) is 5.37. The molecule has 0 radical (unpaired) electrons. The lowest BCUT2D eigenvalue weighted by Crippen LogP contribution is -2.36. The van der Waals surface area contributed by atoms with Crippen molar-refractivity contribution in [1.82, 2.24) is 14.5 Å². The lowest BCUT2D eigenvalue weighted by Gasteiger charge is -2.30. The molecule has 1 amide bonds. The fourth-order valence-corrected chi connectivity index (χ4v) is 3.95. The average Bonchev–Trinajstić information content (AvgIpc) is 3.30. The predicted octanol–water partition coefficient (Wildman–Crippen LogP) is 3.37. The number of imidazole rings is 1. The highest BCUT2D eigenvalue weighted by atomic mass is 16.7. The highest BCUT2D eigenvalue weighted by molar-refractivity contribution is 5.92. The summed E-state index contributed by atoms with van der Waals surface area (Å²) in [5.41, 5.74) is 1.61. The molecule has 0 atom stereocenters. The summed E-state index contributed by atoms with van der Waals surface area (Å²) in [7, 11) is 1.86. The second-order valence-corrected chi connectivity index (χ2v) is 7.23. The summed E-state index contributed by atoms with van der Waals surface area (Å²) in [4.78, 5) is 19.3. The van der Waals surface area contributed by atoms with Gasteiger partial charge in [-0.2, -0.15) is 0 Å². The van der Waals surface area contributed by atoms with E-state index in [0.717, 1.165) is 23.6 Å². The van der Waals surface area contributed by atoms with Crippen LogP contribution in [-0.4, -0.2) is 33.7 Å². The van der Waals surface area contributed by atoms with Crippen LogP contribution in [0.5, 0.6) is 11.5 Å². The van der Waals surface area contributed by atoms with E-state index < -0.39 is 0 Å². The van der Waals surface area contributed by atoms with Crippen LogP contribution < -0.4 is 9.47 Å². The molecular formula is C20H25N3O3. The summed E-state index contributed by atoms with van der Waals surface area (Å²) in [6.07, 6.45) is 9.54. The van der Waals surface area contributed by atoms with E-state index in [2.05, 4.69) is 4.98 Å². The molecule has 26 heavy (non-hydrogen) atoms. The number of hydrogen-bond acceptors (Lipinski definition) is 4. The number of amides is 1. The number of fused-ring (bicyclic) bond motifs is 1. The zero-order valence-electron chi connectivity index (χ0n) is 15.2. The minimum absolute atomic E-state index is 0.0205. The van der Waals surface area contributed by atoms with E-state index in [4.69, 9.17) is 9.47 Å². The van der Waals surface area contributed by atoms with Crippen LogP contribution in [0.4, 0.5) is 0 Å². The molecule has 1 aromatic heterocycles. The van der Waals surface area contributed by atoms with Gasteiger partial charge in [0.15, 0.2) is 11.5 Å². The quantitative estimate of drug-likeness (QED) is 0.825. The smallest absolute Gasteiger partial charge is 0.272 e. The van der Waals surface area contributed by atoms with Crippen molar-refractivity contribution in [3.8, 4) is 11.5 Å². The highest BCUT2D eigenvalue weighted by Gasteiger charge is 2.26. The van der Waals surface area contributed by atoms with Crippen molar-refractivity contribution in [2.24, 2.45) is 13.0 Å². The number of carbonyl (C=O) groups excluding carboxylic acids is 1. The Labute approximate surface area is 153 Å². The zero-order valence-corrected chi connectivity index (χ0v) is 15.2. The Morgan fingerprint density at radius 1 is 1.27 bits per heavy atom. The predicted molar refractivity (Wildman–Crippen MR) is 97.1 cm³/mol. The second-order valence-electron chi connectivity index (χ2n) is 7.23. The van der Waals surface area contributed by atoms with Crippen molar-refractivity contribution >= 4 is 5.91 Å². The fourth-order valence-electron chi connectivity index (χ4n) is 3.95. The summed E-state index contributed by atoms with van der Waals surface area (Å²) in [6.45, 7) is 1.53. The molecule has 1 aliphatic heterocycles. The van der Waals surface area contributed by atoms with Gasteiger partial charge in [0.1, 0.15) is 5.69 Å². The normalized spacial score (nSPS) is 16.7. The molecule has 2 heterocycles. The van der Waals surface area contributed by atoms with Crippen molar-refractivity contribution < 1.29 is 14.3 Å². The number of hydrogen-bond donors (Lipinski definition) is 0. The van der Waals surface area contributed by atoms with Crippen LogP contribution in [0, 0.1) is 5.92 Å². The molecule has 0 N–H and O–H groups in total. The Morgan fingerprint density at radius 3 is 2.88 bits per heavy atom. The number of carbonyl (C=O) groups is 1. The number of para-hydroxylation sites is 1. The number of aromatic nitrogens is 2. The Bertz CT molecular complexity index is 780. The van der Waals surface area contributed by atoms with Gasteiger partial charge in [0.05, 0.1) is 12.5 Å². The minimum atomic E-state index is 0.0205. The lowest BCUT2D eigenvalue weighted by molar-refractivity contribution is 0.0687. The molecule has 138 valence electrons. The zero-order chi connectivity index (χ0) is 17.9. The van der Waals surface area contributed by atoms with Crippen molar-refractivity contribution in [1.29, 1.82) is 0 Å². The van der Waals surface area contributed by atoms with Crippen LogP contribution >= 0.6 is 0 Å². The molecule has 0 unspecified atom stereocenters. The Morgan fingerprint density at radius 2 is 2.12 bits per heavy atom. The molecule has 0 bridgehead atoms. The maximum absolute atomic E-state index is 13.2. The van der Waals surface area contributed by atoms with E-state index in [0.29, 0.717) is 18.2 Å². The van der Waals surface area contributed by atoms with Crippen LogP contribution in [0.2, 0.25) is 0 Å². The Balaban J connectivity index is 1.59. The fraction of sp³-hybridized carbons (Fsp3) is 0.500. The first-order chi connectivity index (χ1) is 12.7.